The number of hydrogen-bond donors (Lipinski definition) is 1. The van der Waals surface area contributed by atoms with Gasteiger partial charge in [-0.15, -0.1) is 0 Å². The van der Waals surface area contributed by atoms with Crippen LogP contribution in [-0.4, -0.2) is 8.42 Å². The van der Waals surface area contributed by atoms with E-state index in [0.717, 1.165) is 0 Å². The molecule has 20 heavy (non-hydrogen) atoms. The second-order valence-corrected chi connectivity index (χ2v) is 7.62. The maximum atomic E-state index is 12.3. The fourth-order valence-corrected chi connectivity index (χ4v) is 3.87. The van der Waals surface area contributed by atoms with Crippen LogP contribution in [0.15, 0.2) is 45.8 Å². The standard InChI is InChI=1S/C12H7BrCl3NO2S/c13-7-1-3-9(15)11(5-7)17-20(18,19)12-6-8(14)2-4-10(12)16/h1-6,17H. The third-order valence-electron chi connectivity index (χ3n) is 2.36. The first-order valence-electron chi connectivity index (χ1n) is 5.22. The number of sulfonamides is 1. The molecule has 0 spiro atoms. The summed E-state index contributed by atoms with van der Waals surface area (Å²) >= 11 is 20.9. The fraction of sp³-hybridized carbons (Fsp3) is 0. The predicted molar refractivity (Wildman–Crippen MR) is 86.4 cm³/mol. The van der Waals surface area contributed by atoms with Gasteiger partial charge in [-0.3, -0.25) is 4.72 Å². The van der Waals surface area contributed by atoms with Crippen LogP contribution in [0.4, 0.5) is 5.69 Å². The highest BCUT2D eigenvalue weighted by Gasteiger charge is 2.19. The Balaban J connectivity index is 2.46. The molecule has 0 atom stereocenters. The highest BCUT2D eigenvalue weighted by molar-refractivity contribution is 9.10. The third-order valence-corrected chi connectivity index (χ3v) is 5.26. The van der Waals surface area contributed by atoms with Crippen molar-refractivity contribution in [2.24, 2.45) is 0 Å². The third kappa shape index (κ3) is 3.59. The van der Waals surface area contributed by atoms with Crippen molar-refractivity contribution in [3.05, 3.63) is 55.9 Å². The zero-order valence-electron chi connectivity index (χ0n) is 9.70. The van der Waals surface area contributed by atoms with Crippen LogP contribution in [0.3, 0.4) is 0 Å². The van der Waals surface area contributed by atoms with Gasteiger partial charge in [0.15, 0.2) is 0 Å². The van der Waals surface area contributed by atoms with E-state index in [1.54, 1.807) is 18.2 Å². The molecule has 8 heteroatoms. The molecular weight excluding hydrogens is 408 g/mol. The van der Waals surface area contributed by atoms with E-state index >= 15 is 0 Å². The van der Waals surface area contributed by atoms with Crippen LogP contribution in [0.25, 0.3) is 0 Å². The normalized spacial score (nSPS) is 11.4. The zero-order valence-corrected chi connectivity index (χ0v) is 14.4. The lowest BCUT2D eigenvalue weighted by molar-refractivity contribution is 0.601. The molecule has 106 valence electrons. The average Bonchev–Trinajstić information content (AvgIpc) is 2.36. The first kappa shape index (κ1) is 15.9. The van der Waals surface area contributed by atoms with E-state index in [1.807, 2.05) is 0 Å². The largest absolute Gasteiger partial charge is 0.278 e. The summed E-state index contributed by atoms with van der Waals surface area (Å²) in [6.07, 6.45) is 0. The minimum Gasteiger partial charge on any atom is -0.278 e. The fourth-order valence-electron chi connectivity index (χ4n) is 1.46. The van der Waals surface area contributed by atoms with E-state index in [0.29, 0.717) is 4.47 Å². The first-order valence-corrected chi connectivity index (χ1v) is 8.63. The summed E-state index contributed by atoms with van der Waals surface area (Å²) in [5.74, 6) is 0. The van der Waals surface area contributed by atoms with Gasteiger partial charge in [-0.2, -0.15) is 0 Å². The monoisotopic (exact) mass is 413 g/mol. The molecule has 2 rings (SSSR count). The Kier molecular flexibility index (Phi) is 4.87. The van der Waals surface area contributed by atoms with Crippen molar-refractivity contribution >= 4 is 66.4 Å². The molecule has 0 fully saturated rings. The van der Waals surface area contributed by atoms with Crippen LogP contribution in [-0.2, 0) is 10.0 Å². The Labute approximate surface area is 140 Å². The Morgan fingerprint density at radius 2 is 1.60 bits per heavy atom. The summed E-state index contributed by atoms with van der Waals surface area (Å²) in [5.41, 5.74) is 0.247. The SMILES string of the molecule is O=S(=O)(Nc1cc(Br)ccc1Cl)c1cc(Cl)ccc1Cl. The van der Waals surface area contributed by atoms with Crippen LogP contribution in [0.2, 0.25) is 15.1 Å². The maximum Gasteiger partial charge on any atom is 0.263 e. The molecule has 0 aliphatic carbocycles. The van der Waals surface area contributed by atoms with Crippen molar-refractivity contribution < 1.29 is 8.42 Å². The molecule has 0 aliphatic heterocycles. The second-order valence-electron chi connectivity index (χ2n) is 3.80. The number of hydrogen-bond acceptors (Lipinski definition) is 2. The van der Waals surface area contributed by atoms with E-state index in [2.05, 4.69) is 20.7 Å². The van der Waals surface area contributed by atoms with Gasteiger partial charge < -0.3 is 0 Å². The van der Waals surface area contributed by atoms with Crippen LogP contribution in [0.5, 0.6) is 0 Å². The molecule has 0 saturated heterocycles. The predicted octanol–water partition coefficient (Wildman–Crippen LogP) is 5.21. The molecule has 0 aliphatic rings. The summed E-state index contributed by atoms with van der Waals surface area (Å²) in [6, 6.07) is 9.03. The molecule has 0 unspecified atom stereocenters. The first-order chi connectivity index (χ1) is 9.29. The van der Waals surface area contributed by atoms with Crippen LogP contribution < -0.4 is 4.72 Å². The van der Waals surface area contributed by atoms with Gasteiger partial charge in [0.25, 0.3) is 10.0 Å². The summed E-state index contributed by atoms with van der Waals surface area (Å²) in [4.78, 5) is -0.109. The lowest BCUT2D eigenvalue weighted by atomic mass is 10.3. The summed E-state index contributed by atoms with van der Waals surface area (Å²) in [7, 11) is -3.88. The van der Waals surface area contributed by atoms with E-state index in [4.69, 9.17) is 34.8 Å². The van der Waals surface area contributed by atoms with E-state index in [1.165, 1.54) is 18.2 Å². The van der Waals surface area contributed by atoms with Gasteiger partial charge in [0.1, 0.15) is 4.90 Å². The van der Waals surface area contributed by atoms with Crippen molar-refractivity contribution in [3.8, 4) is 0 Å². The highest BCUT2D eigenvalue weighted by Crippen LogP contribution is 2.30. The molecule has 1 N–H and O–H groups in total. The smallest absolute Gasteiger partial charge is 0.263 e. The second kappa shape index (κ2) is 6.12. The molecule has 0 amide bonds. The number of anilines is 1. The summed E-state index contributed by atoms with van der Waals surface area (Å²) in [5, 5.41) is 0.623. The molecule has 0 aromatic heterocycles. The Morgan fingerprint density at radius 3 is 2.30 bits per heavy atom. The van der Waals surface area contributed by atoms with E-state index in [-0.39, 0.29) is 25.7 Å². The molecule has 0 heterocycles. The van der Waals surface area contributed by atoms with Crippen LogP contribution in [0.1, 0.15) is 0 Å². The minimum atomic E-state index is -3.88. The molecule has 2 aromatic rings. The van der Waals surface area contributed by atoms with Crippen molar-refractivity contribution in [1.82, 2.24) is 0 Å². The van der Waals surface area contributed by atoms with Gasteiger partial charge in [-0.1, -0.05) is 50.7 Å². The van der Waals surface area contributed by atoms with E-state index in [9.17, 15) is 8.42 Å². The summed E-state index contributed by atoms with van der Waals surface area (Å²) in [6.45, 7) is 0. The lowest BCUT2D eigenvalue weighted by Crippen LogP contribution is -2.13. The number of halogens is 4. The quantitative estimate of drug-likeness (QED) is 0.748. The summed E-state index contributed by atoms with van der Waals surface area (Å²) < 4.78 is 27.7. The number of rotatable bonds is 3. The minimum absolute atomic E-state index is 0.0769. The maximum absolute atomic E-state index is 12.3. The molecule has 0 bridgehead atoms. The molecular formula is C12H7BrCl3NO2S. The van der Waals surface area contributed by atoms with Gasteiger partial charge in [-0.05, 0) is 36.4 Å². The molecule has 0 saturated carbocycles. The lowest BCUT2D eigenvalue weighted by Gasteiger charge is -2.11. The van der Waals surface area contributed by atoms with E-state index < -0.39 is 10.0 Å². The van der Waals surface area contributed by atoms with Crippen LogP contribution in [0, 0.1) is 0 Å². The van der Waals surface area contributed by atoms with Gasteiger partial charge in [-0.25, -0.2) is 8.42 Å². The Bertz CT molecular complexity index is 765. The molecule has 3 nitrogen and oxygen atoms in total. The van der Waals surface area contributed by atoms with Crippen molar-refractivity contribution in [2.75, 3.05) is 4.72 Å². The van der Waals surface area contributed by atoms with Gasteiger partial charge in [0.05, 0.1) is 15.7 Å². The Morgan fingerprint density at radius 1 is 0.950 bits per heavy atom. The zero-order chi connectivity index (χ0) is 14.9. The highest BCUT2D eigenvalue weighted by atomic mass is 79.9. The number of nitrogens with one attached hydrogen (secondary N) is 1. The van der Waals surface area contributed by atoms with Crippen molar-refractivity contribution in [1.29, 1.82) is 0 Å². The average molecular weight is 416 g/mol. The molecule has 2 aromatic carbocycles. The molecule has 0 radical (unpaired) electrons. The van der Waals surface area contributed by atoms with Gasteiger partial charge in [0, 0.05) is 9.50 Å². The topological polar surface area (TPSA) is 46.2 Å². The Hall–Kier alpha value is -0.460. The van der Waals surface area contributed by atoms with Crippen LogP contribution >= 0.6 is 50.7 Å². The van der Waals surface area contributed by atoms with Gasteiger partial charge in [0.2, 0.25) is 0 Å². The number of benzene rings is 2. The van der Waals surface area contributed by atoms with Crippen molar-refractivity contribution in [3.63, 3.8) is 0 Å². The van der Waals surface area contributed by atoms with Gasteiger partial charge >= 0.3 is 0 Å². The van der Waals surface area contributed by atoms with Crippen molar-refractivity contribution in [2.45, 2.75) is 4.90 Å².